The first-order valence-electron chi connectivity index (χ1n) is 6.90. The maximum absolute atomic E-state index is 11.2. The minimum absolute atomic E-state index is 0.574. The van der Waals surface area contributed by atoms with Crippen LogP contribution in [0.15, 0.2) is 42.5 Å². The largest absolute Gasteiger partial charge is 0.328 e. The van der Waals surface area contributed by atoms with Crippen molar-refractivity contribution in [1.82, 2.24) is 9.55 Å². The standard InChI is InChI=1S/C17H15ClN2O/c1-2-20-16-6-4-3-5-15(16)19-17(20)10-12-7-8-14(18)9-13(12)11-21/h3-9,11H,2,10H2,1H3. The summed E-state index contributed by atoms with van der Waals surface area (Å²) in [5.41, 5.74) is 3.67. The normalized spacial score (nSPS) is 11.0. The first kappa shape index (κ1) is 13.8. The lowest BCUT2D eigenvalue weighted by Gasteiger charge is -2.08. The van der Waals surface area contributed by atoms with Crippen LogP contribution in [0.4, 0.5) is 0 Å². The summed E-state index contributed by atoms with van der Waals surface area (Å²) in [6.07, 6.45) is 1.47. The minimum atomic E-state index is 0.574. The molecule has 0 unspecified atom stereocenters. The predicted molar refractivity (Wildman–Crippen MR) is 85.1 cm³/mol. The number of carbonyl (C=O) groups is 1. The number of rotatable bonds is 4. The molecule has 0 saturated heterocycles. The molecule has 0 bridgehead atoms. The van der Waals surface area contributed by atoms with Gasteiger partial charge in [-0.25, -0.2) is 4.98 Å². The summed E-state index contributed by atoms with van der Waals surface area (Å²) < 4.78 is 2.18. The Kier molecular flexibility index (Phi) is 3.76. The number of hydrogen-bond acceptors (Lipinski definition) is 2. The molecule has 2 aromatic carbocycles. The fraction of sp³-hybridized carbons (Fsp3) is 0.176. The van der Waals surface area contributed by atoms with Crippen LogP contribution in [0.1, 0.15) is 28.7 Å². The summed E-state index contributed by atoms with van der Waals surface area (Å²) in [4.78, 5) is 15.9. The number of fused-ring (bicyclic) bond motifs is 1. The third kappa shape index (κ3) is 2.57. The molecule has 0 aliphatic carbocycles. The van der Waals surface area contributed by atoms with Gasteiger partial charge in [-0.15, -0.1) is 0 Å². The van der Waals surface area contributed by atoms with Gasteiger partial charge in [0.15, 0.2) is 0 Å². The van der Waals surface area contributed by atoms with Gasteiger partial charge < -0.3 is 4.57 Å². The molecule has 4 heteroatoms. The molecule has 0 saturated carbocycles. The highest BCUT2D eigenvalue weighted by Crippen LogP contribution is 2.21. The van der Waals surface area contributed by atoms with Crippen LogP contribution < -0.4 is 0 Å². The van der Waals surface area contributed by atoms with Crippen LogP contribution in [-0.4, -0.2) is 15.8 Å². The van der Waals surface area contributed by atoms with Crippen molar-refractivity contribution in [1.29, 1.82) is 0 Å². The molecular formula is C17H15ClN2O. The minimum Gasteiger partial charge on any atom is -0.328 e. The number of benzene rings is 2. The van der Waals surface area contributed by atoms with E-state index in [0.29, 0.717) is 17.0 Å². The molecule has 1 aromatic heterocycles. The molecule has 0 spiro atoms. The van der Waals surface area contributed by atoms with Gasteiger partial charge >= 0.3 is 0 Å². The highest BCUT2D eigenvalue weighted by molar-refractivity contribution is 6.30. The summed E-state index contributed by atoms with van der Waals surface area (Å²) in [7, 11) is 0. The summed E-state index contributed by atoms with van der Waals surface area (Å²) in [6.45, 7) is 2.94. The van der Waals surface area contributed by atoms with E-state index in [1.165, 1.54) is 0 Å². The van der Waals surface area contributed by atoms with Crippen molar-refractivity contribution in [3.8, 4) is 0 Å². The average Bonchev–Trinajstić information content (AvgIpc) is 2.86. The van der Waals surface area contributed by atoms with Crippen molar-refractivity contribution < 1.29 is 4.79 Å². The second-order valence-corrected chi connectivity index (χ2v) is 5.34. The van der Waals surface area contributed by atoms with Crippen molar-refractivity contribution in [3.63, 3.8) is 0 Å². The van der Waals surface area contributed by atoms with Gasteiger partial charge in [0.2, 0.25) is 0 Å². The van der Waals surface area contributed by atoms with E-state index >= 15 is 0 Å². The van der Waals surface area contributed by atoms with Crippen LogP contribution >= 0.6 is 11.6 Å². The monoisotopic (exact) mass is 298 g/mol. The summed E-state index contributed by atoms with van der Waals surface area (Å²) >= 11 is 5.94. The van der Waals surface area contributed by atoms with Crippen LogP contribution in [0.25, 0.3) is 11.0 Å². The lowest BCUT2D eigenvalue weighted by atomic mass is 10.1. The number of aldehydes is 1. The van der Waals surface area contributed by atoms with Gasteiger partial charge in [0.1, 0.15) is 12.1 Å². The van der Waals surface area contributed by atoms with Crippen molar-refractivity contribution in [2.45, 2.75) is 19.9 Å². The molecule has 0 amide bonds. The van der Waals surface area contributed by atoms with Gasteiger partial charge in [-0.3, -0.25) is 4.79 Å². The Hall–Kier alpha value is -2.13. The zero-order valence-corrected chi connectivity index (χ0v) is 12.5. The molecule has 0 radical (unpaired) electrons. The highest BCUT2D eigenvalue weighted by atomic mass is 35.5. The molecule has 106 valence electrons. The quantitative estimate of drug-likeness (QED) is 0.679. The maximum Gasteiger partial charge on any atom is 0.150 e. The zero-order chi connectivity index (χ0) is 14.8. The Morgan fingerprint density at radius 1 is 1.24 bits per heavy atom. The summed E-state index contributed by atoms with van der Waals surface area (Å²) in [5, 5.41) is 0.574. The van der Waals surface area contributed by atoms with E-state index in [9.17, 15) is 4.79 Å². The summed E-state index contributed by atoms with van der Waals surface area (Å²) in [6, 6.07) is 13.5. The van der Waals surface area contributed by atoms with Gasteiger partial charge in [-0.1, -0.05) is 29.8 Å². The molecular weight excluding hydrogens is 284 g/mol. The second kappa shape index (κ2) is 5.70. The zero-order valence-electron chi connectivity index (χ0n) is 11.7. The number of aryl methyl sites for hydroxylation is 1. The first-order valence-corrected chi connectivity index (χ1v) is 7.28. The molecule has 0 fully saturated rings. The molecule has 1 heterocycles. The van der Waals surface area contributed by atoms with Gasteiger partial charge in [-0.05, 0) is 36.8 Å². The van der Waals surface area contributed by atoms with Gasteiger partial charge in [0, 0.05) is 23.6 Å². The predicted octanol–water partition coefficient (Wildman–Crippen LogP) is 4.11. The van der Waals surface area contributed by atoms with E-state index in [0.717, 1.165) is 35.3 Å². The van der Waals surface area contributed by atoms with Crippen LogP contribution in [0, 0.1) is 0 Å². The van der Waals surface area contributed by atoms with Crippen LogP contribution in [-0.2, 0) is 13.0 Å². The van der Waals surface area contributed by atoms with Crippen molar-refractivity contribution in [2.75, 3.05) is 0 Å². The topological polar surface area (TPSA) is 34.9 Å². The number of hydrogen-bond donors (Lipinski definition) is 0. The third-order valence-corrected chi connectivity index (χ3v) is 3.87. The van der Waals surface area contributed by atoms with E-state index < -0.39 is 0 Å². The first-order chi connectivity index (χ1) is 10.2. The lowest BCUT2D eigenvalue weighted by Crippen LogP contribution is -2.04. The number of para-hydroxylation sites is 2. The molecule has 3 aromatic rings. The molecule has 0 N–H and O–H groups in total. The van der Waals surface area contributed by atoms with E-state index in [2.05, 4.69) is 17.6 Å². The fourth-order valence-electron chi connectivity index (χ4n) is 2.62. The molecule has 3 nitrogen and oxygen atoms in total. The van der Waals surface area contributed by atoms with Gasteiger partial charge in [0.05, 0.1) is 11.0 Å². The lowest BCUT2D eigenvalue weighted by molar-refractivity contribution is 0.112. The van der Waals surface area contributed by atoms with Gasteiger partial charge in [-0.2, -0.15) is 0 Å². The Balaban J connectivity index is 2.08. The number of imidazole rings is 1. The van der Waals surface area contributed by atoms with E-state index in [-0.39, 0.29) is 0 Å². The van der Waals surface area contributed by atoms with Crippen molar-refractivity contribution >= 4 is 28.9 Å². The Morgan fingerprint density at radius 3 is 2.81 bits per heavy atom. The molecule has 0 aliphatic rings. The highest BCUT2D eigenvalue weighted by Gasteiger charge is 2.12. The smallest absolute Gasteiger partial charge is 0.150 e. The fourth-order valence-corrected chi connectivity index (χ4v) is 2.80. The molecule has 0 aliphatic heterocycles. The molecule has 3 rings (SSSR count). The van der Waals surface area contributed by atoms with Crippen LogP contribution in [0.3, 0.4) is 0 Å². The average molecular weight is 299 g/mol. The van der Waals surface area contributed by atoms with Crippen molar-refractivity contribution in [3.05, 3.63) is 64.4 Å². The van der Waals surface area contributed by atoms with Crippen molar-refractivity contribution in [2.24, 2.45) is 0 Å². The Labute approximate surface area is 128 Å². The molecule has 21 heavy (non-hydrogen) atoms. The van der Waals surface area contributed by atoms with E-state index in [1.54, 1.807) is 6.07 Å². The molecule has 0 atom stereocenters. The van der Waals surface area contributed by atoms with Crippen LogP contribution in [0.2, 0.25) is 5.02 Å². The Morgan fingerprint density at radius 2 is 2.05 bits per heavy atom. The third-order valence-electron chi connectivity index (χ3n) is 3.63. The van der Waals surface area contributed by atoms with E-state index in [4.69, 9.17) is 16.6 Å². The second-order valence-electron chi connectivity index (χ2n) is 4.90. The number of nitrogens with zero attached hydrogens (tertiary/aromatic N) is 2. The van der Waals surface area contributed by atoms with E-state index in [1.807, 2.05) is 30.3 Å². The van der Waals surface area contributed by atoms with Gasteiger partial charge in [0.25, 0.3) is 0 Å². The Bertz CT molecular complexity index is 808. The number of halogens is 1. The SMILES string of the molecule is CCn1c(Cc2ccc(Cl)cc2C=O)nc2ccccc21. The van der Waals surface area contributed by atoms with Crippen LogP contribution in [0.5, 0.6) is 0 Å². The maximum atomic E-state index is 11.2. The summed E-state index contributed by atoms with van der Waals surface area (Å²) in [5.74, 6) is 0.962. The number of aromatic nitrogens is 2. The number of carbonyl (C=O) groups excluding carboxylic acids is 1.